The highest BCUT2D eigenvalue weighted by atomic mass is 16.3. The topological polar surface area (TPSA) is 33.2 Å². The second kappa shape index (κ2) is 8.48. The largest absolute Gasteiger partial charge is 0.507 e. The summed E-state index contributed by atoms with van der Waals surface area (Å²) in [6, 6.07) is 4.47. The van der Waals surface area contributed by atoms with Gasteiger partial charge in [0.2, 0.25) is 0 Å². The molecule has 2 aliphatic heterocycles. The molecule has 0 unspecified atom stereocenters. The van der Waals surface area contributed by atoms with Crippen molar-refractivity contribution in [2.45, 2.75) is 39.3 Å². The summed E-state index contributed by atoms with van der Waals surface area (Å²) in [5.74, 6) is 0.515. The Labute approximate surface area is 165 Å². The third-order valence-electron chi connectivity index (χ3n) is 6.11. The van der Waals surface area contributed by atoms with Crippen LogP contribution in [0.2, 0.25) is 0 Å². The summed E-state index contributed by atoms with van der Waals surface area (Å²) in [4.78, 5) is 9.70. The molecule has 2 aliphatic rings. The molecule has 0 atom stereocenters. The summed E-state index contributed by atoms with van der Waals surface area (Å²) >= 11 is 0. The molecule has 0 amide bonds. The average Bonchev–Trinajstić information content (AvgIpc) is 2.61. The lowest BCUT2D eigenvalue weighted by Crippen LogP contribution is -2.44. The molecule has 1 aromatic rings. The Hall–Kier alpha value is -1.14. The minimum Gasteiger partial charge on any atom is -0.507 e. The molecular formula is C22H38N4O. The molecule has 0 saturated carbocycles. The number of hydrogen-bond donors (Lipinski definition) is 1. The average molecular weight is 375 g/mol. The van der Waals surface area contributed by atoms with Crippen LogP contribution < -0.4 is 0 Å². The van der Waals surface area contributed by atoms with E-state index in [0.29, 0.717) is 5.75 Å². The summed E-state index contributed by atoms with van der Waals surface area (Å²) in [6.45, 7) is 17.2. The smallest absolute Gasteiger partial charge is 0.124 e. The Morgan fingerprint density at radius 2 is 1.11 bits per heavy atom. The molecule has 152 valence electrons. The van der Waals surface area contributed by atoms with Crippen LogP contribution in [0, 0.1) is 0 Å². The predicted molar refractivity (Wildman–Crippen MR) is 112 cm³/mol. The zero-order valence-corrected chi connectivity index (χ0v) is 18.0. The Bertz CT molecular complexity index is 579. The Morgan fingerprint density at radius 1 is 0.741 bits per heavy atom. The van der Waals surface area contributed by atoms with Gasteiger partial charge in [0, 0.05) is 76.6 Å². The van der Waals surface area contributed by atoms with E-state index in [1.807, 2.05) is 0 Å². The molecule has 0 bridgehead atoms. The van der Waals surface area contributed by atoms with Crippen molar-refractivity contribution in [3.63, 3.8) is 0 Å². The predicted octanol–water partition coefficient (Wildman–Crippen LogP) is 2.18. The van der Waals surface area contributed by atoms with Crippen molar-refractivity contribution in [3.8, 4) is 5.75 Å². The van der Waals surface area contributed by atoms with Crippen molar-refractivity contribution in [2.75, 3.05) is 66.5 Å². The van der Waals surface area contributed by atoms with Gasteiger partial charge < -0.3 is 14.9 Å². The molecule has 2 fully saturated rings. The summed E-state index contributed by atoms with van der Waals surface area (Å²) in [6.07, 6.45) is 0. The van der Waals surface area contributed by atoms with Gasteiger partial charge in [0.25, 0.3) is 0 Å². The van der Waals surface area contributed by atoms with Crippen molar-refractivity contribution in [1.29, 1.82) is 0 Å². The van der Waals surface area contributed by atoms with Crippen LogP contribution in [0.25, 0.3) is 0 Å². The number of nitrogens with zero attached hydrogens (tertiary/aromatic N) is 4. The van der Waals surface area contributed by atoms with E-state index in [9.17, 15) is 5.11 Å². The first kappa shape index (κ1) is 20.6. The van der Waals surface area contributed by atoms with E-state index in [-0.39, 0.29) is 5.41 Å². The number of piperazine rings is 2. The zero-order valence-electron chi connectivity index (χ0n) is 18.0. The molecule has 27 heavy (non-hydrogen) atoms. The van der Waals surface area contributed by atoms with Crippen molar-refractivity contribution in [1.82, 2.24) is 19.6 Å². The maximum Gasteiger partial charge on any atom is 0.124 e. The highest BCUT2D eigenvalue weighted by Crippen LogP contribution is 2.33. The zero-order chi connectivity index (χ0) is 19.6. The van der Waals surface area contributed by atoms with E-state index >= 15 is 0 Å². The van der Waals surface area contributed by atoms with Crippen LogP contribution in [0.3, 0.4) is 0 Å². The van der Waals surface area contributed by atoms with Crippen LogP contribution >= 0.6 is 0 Å². The van der Waals surface area contributed by atoms with Gasteiger partial charge in [-0.2, -0.15) is 0 Å². The first-order valence-corrected chi connectivity index (χ1v) is 10.4. The van der Waals surface area contributed by atoms with Gasteiger partial charge in [-0.15, -0.1) is 0 Å². The number of benzene rings is 1. The van der Waals surface area contributed by atoms with Crippen molar-refractivity contribution in [3.05, 3.63) is 28.8 Å². The SMILES string of the molecule is CN1CCN(Cc2cc(C(C)(C)C)cc(CN3CCN(C)CC3)c2O)CC1. The monoisotopic (exact) mass is 374 g/mol. The third kappa shape index (κ3) is 5.44. The van der Waals surface area contributed by atoms with Gasteiger partial charge in [0.1, 0.15) is 5.75 Å². The van der Waals surface area contributed by atoms with E-state index in [0.717, 1.165) is 76.6 Å². The molecule has 1 N–H and O–H groups in total. The van der Waals surface area contributed by atoms with E-state index in [4.69, 9.17) is 0 Å². The molecule has 1 aromatic carbocycles. The number of aromatic hydroxyl groups is 1. The molecular weight excluding hydrogens is 336 g/mol. The van der Waals surface area contributed by atoms with Crippen molar-refractivity contribution in [2.24, 2.45) is 0 Å². The molecule has 2 heterocycles. The lowest BCUT2D eigenvalue weighted by Gasteiger charge is -2.34. The van der Waals surface area contributed by atoms with Crippen molar-refractivity contribution < 1.29 is 5.11 Å². The Balaban J connectivity index is 1.81. The molecule has 0 spiro atoms. The maximum absolute atomic E-state index is 11.1. The van der Waals surface area contributed by atoms with Crippen LogP contribution in [0.15, 0.2) is 12.1 Å². The molecule has 0 aromatic heterocycles. The van der Waals surface area contributed by atoms with Gasteiger partial charge in [-0.1, -0.05) is 32.9 Å². The van der Waals surface area contributed by atoms with Gasteiger partial charge in [0.05, 0.1) is 0 Å². The third-order valence-corrected chi connectivity index (χ3v) is 6.11. The van der Waals surface area contributed by atoms with Gasteiger partial charge in [-0.05, 0) is 25.1 Å². The van der Waals surface area contributed by atoms with E-state index in [2.05, 4.69) is 66.6 Å². The molecule has 2 saturated heterocycles. The summed E-state index contributed by atoms with van der Waals surface area (Å²) in [5, 5.41) is 11.1. The highest BCUT2D eigenvalue weighted by Gasteiger charge is 2.23. The lowest BCUT2D eigenvalue weighted by atomic mass is 9.84. The Kier molecular flexibility index (Phi) is 6.46. The fourth-order valence-electron chi connectivity index (χ4n) is 3.93. The number of phenols is 1. The fourth-order valence-corrected chi connectivity index (χ4v) is 3.93. The van der Waals surface area contributed by atoms with E-state index in [1.165, 1.54) is 5.56 Å². The number of likely N-dealkylation sites (N-methyl/N-ethyl adjacent to an activating group) is 2. The van der Waals surface area contributed by atoms with Gasteiger partial charge >= 0.3 is 0 Å². The second-order valence-corrected chi connectivity index (χ2v) is 9.55. The summed E-state index contributed by atoms with van der Waals surface area (Å²) in [5.41, 5.74) is 3.60. The number of rotatable bonds is 4. The first-order valence-electron chi connectivity index (χ1n) is 10.4. The van der Waals surface area contributed by atoms with Crippen molar-refractivity contribution >= 4 is 0 Å². The van der Waals surface area contributed by atoms with Crippen LogP contribution in [-0.4, -0.2) is 91.2 Å². The highest BCUT2D eigenvalue weighted by molar-refractivity contribution is 5.45. The molecule has 5 heteroatoms. The number of hydrogen-bond acceptors (Lipinski definition) is 5. The van der Waals surface area contributed by atoms with Gasteiger partial charge in [-0.25, -0.2) is 0 Å². The second-order valence-electron chi connectivity index (χ2n) is 9.55. The quantitative estimate of drug-likeness (QED) is 0.874. The normalized spacial score (nSPS) is 21.7. The van der Waals surface area contributed by atoms with Crippen LogP contribution in [-0.2, 0) is 18.5 Å². The lowest BCUT2D eigenvalue weighted by molar-refractivity contribution is 0.144. The van der Waals surface area contributed by atoms with Gasteiger partial charge in [-0.3, -0.25) is 9.80 Å². The molecule has 5 nitrogen and oxygen atoms in total. The standard InChI is InChI=1S/C22H38N4O/c1-22(2,3)20-14-18(16-25-10-6-23(4)7-11-25)21(27)19(15-20)17-26-12-8-24(5)9-13-26/h14-15,27H,6-13,16-17H2,1-5H3. The maximum atomic E-state index is 11.1. The fraction of sp³-hybridized carbons (Fsp3) is 0.727. The summed E-state index contributed by atoms with van der Waals surface area (Å²) < 4.78 is 0. The molecule has 3 rings (SSSR count). The van der Waals surface area contributed by atoms with E-state index < -0.39 is 0 Å². The van der Waals surface area contributed by atoms with Crippen LogP contribution in [0.5, 0.6) is 5.75 Å². The van der Waals surface area contributed by atoms with Gasteiger partial charge in [0.15, 0.2) is 0 Å². The van der Waals surface area contributed by atoms with Crippen LogP contribution in [0.4, 0.5) is 0 Å². The minimum absolute atomic E-state index is 0.0848. The van der Waals surface area contributed by atoms with Crippen LogP contribution in [0.1, 0.15) is 37.5 Å². The van der Waals surface area contributed by atoms with E-state index in [1.54, 1.807) is 0 Å². The first-order chi connectivity index (χ1) is 12.7. The molecule has 0 aliphatic carbocycles. The Morgan fingerprint density at radius 3 is 1.44 bits per heavy atom. The summed E-state index contributed by atoms with van der Waals surface area (Å²) in [7, 11) is 4.37. The minimum atomic E-state index is 0.0848. The molecule has 0 radical (unpaired) electrons. The number of phenolic OH excluding ortho intramolecular Hbond substituents is 1.